The largest absolute Gasteiger partial charge is 0.383 e. The Morgan fingerprint density at radius 1 is 1.09 bits per heavy atom. The number of ether oxygens (including phenoxy) is 1. The van der Waals surface area contributed by atoms with Crippen LogP contribution in [-0.2, 0) is 17.8 Å². The Morgan fingerprint density at radius 3 is 2.78 bits per heavy atom. The molecule has 2 aromatic carbocycles. The summed E-state index contributed by atoms with van der Waals surface area (Å²) < 4.78 is 7.44. The van der Waals surface area contributed by atoms with E-state index in [0.717, 1.165) is 26.2 Å². The SMILES string of the molecule is COCCNCc1cn(Cc2cccc(C)c2)c2ccccc12. The van der Waals surface area contributed by atoms with E-state index in [1.807, 2.05) is 0 Å². The van der Waals surface area contributed by atoms with Crippen LogP contribution in [-0.4, -0.2) is 24.8 Å². The third kappa shape index (κ3) is 3.81. The maximum atomic E-state index is 5.09. The van der Waals surface area contributed by atoms with Gasteiger partial charge in [0.1, 0.15) is 0 Å². The Bertz CT molecular complexity index is 776. The molecular formula is C20H24N2O. The van der Waals surface area contributed by atoms with Gasteiger partial charge in [-0.3, -0.25) is 0 Å². The van der Waals surface area contributed by atoms with Gasteiger partial charge in [-0.25, -0.2) is 0 Å². The van der Waals surface area contributed by atoms with Crippen molar-refractivity contribution in [2.75, 3.05) is 20.3 Å². The lowest BCUT2D eigenvalue weighted by Crippen LogP contribution is -2.18. The Labute approximate surface area is 137 Å². The van der Waals surface area contributed by atoms with Gasteiger partial charge in [0.05, 0.1) is 6.61 Å². The van der Waals surface area contributed by atoms with E-state index in [-0.39, 0.29) is 0 Å². The molecule has 1 aromatic heterocycles. The fraction of sp³-hybridized carbons (Fsp3) is 0.300. The molecule has 3 aromatic rings. The lowest BCUT2D eigenvalue weighted by Gasteiger charge is -2.06. The molecule has 1 heterocycles. The third-order valence-corrected chi connectivity index (χ3v) is 4.10. The van der Waals surface area contributed by atoms with Crippen molar-refractivity contribution in [3.8, 4) is 0 Å². The fourth-order valence-electron chi connectivity index (χ4n) is 3.00. The highest BCUT2D eigenvalue weighted by atomic mass is 16.5. The maximum absolute atomic E-state index is 5.09. The van der Waals surface area contributed by atoms with E-state index in [1.165, 1.54) is 27.6 Å². The molecule has 3 heteroatoms. The van der Waals surface area contributed by atoms with Crippen LogP contribution in [0.1, 0.15) is 16.7 Å². The molecule has 0 bridgehead atoms. The van der Waals surface area contributed by atoms with Crippen molar-refractivity contribution < 1.29 is 4.74 Å². The second-order valence-corrected chi connectivity index (χ2v) is 5.96. The predicted molar refractivity (Wildman–Crippen MR) is 95.8 cm³/mol. The van der Waals surface area contributed by atoms with Crippen LogP contribution in [0, 0.1) is 6.92 Å². The van der Waals surface area contributed by atoms with Gasteiger partial charge in [0.25, 0.3) is 0 Å². The monoisotopic (exact) mass is 308 g/mol. The molecule has 3 rings (SSSR count). The summed E-state index contributed by atoms with van der Waals surface area (Å²) in [6.45, 7) is 5.52. The fourth-order valence-corrected chi connectivity index (χ4v) is 3.00. The molecule has 0 amide bonds. The van der Waals surface area contributed by atoms with E-state index in [2.05, 4.69) is 71.5 Å². The van der Waals surface area contributed by atoms with Crippen molar-refractivity contribution >= 4 is 10.9 Å². The number of nitrogens with zero attached hydrogens (tertiary/aromatic N) is 1. The van der Waals surface area contributed by atoms with E-state index >= 15 is 0 Å². The van der Waals surface area contributed by atoms with Gasteiger partial charge < -0.3 is 14.6 Å². The molecule has 0 unspecified atom stereocenters. The summed E-state index contributed by atoms with van der Waals surface area (Å²) in [5.74, 6) is 0. The molecule has 0 saturated heterocycles. The van der Waals surface area contributed by atoms with E-state index in [4.69, 9.17) is 4.74 Å². The van der Waals surface area contributed by atoms with Crippen molar-refractivity contribution in [3.63, 3.8) is 0 Å². The number of hydrogen-bond donors (Lipinski definition) is 1. The van der Waals surface area contributed by atoms with E-state index in [1.54, 1.807) is 7.11 Å². The Balaban J connectivity index is 1.85. The number of fused-ring (bicyclic) bond motifs is 1. The standard InChI is InChI=1S/C20H24N2O/c1-16-6-5-7-17(12-16)14-22-15-18(13-21-10-11-23-2)19-8-3-4-9-20(19)22/h3-9,12,15,21H,10-11,13-14H2,1-2H3. The van der Waals surface area contributed by atoms with Gasteiger partial charge in [0.15, 0.2) is 0 Å². The van der Waals surface area contributed by atoms with Crippen molar-refractivity contribution in [2.45, 2.75) is 20.0 Å². The highest BCUT2D eigenvalue weighted by Gasteiger charge is 2.08. The Kier molecular flexibility index (Phi) is 5.11. The van der Waals surface area contributed by atoms with Crippen molar-refractivity contribution in [3.05, 3.63) is 71.4 Å². The van der Waals surface area contributed by atoms with Crippen LogP contribution in [0.4, 0.5) is 0 Å². The summed E-state index contributed by atoms with van der Waals surface area (Å²) in [6.07, 6.45) is 2.27. The Hall–Kier alpha value is -2.10. The van der Waals surface area contributed by atoms with Crippen LogP contribution in [0.5, 0.6) is 0 Å². The number of rotatable bonds is 7. The summed E-state index contributed by atoms with van der Waals surface area (Å²) in [4.78, 5) is 0. The van der Waals surface area contributed by atoms with Crippen molar-refractivity contribution in [1.29, 1.82) is 0 Å². The summed E-state index contributed by atoms with van der Waals surface area (Å²) in [5, 5.41) is 4.77. The minimum absolute atomic E-state index is 0.738. The van der Waals surface area contributed by atoms with Crippen LogP contribution in [0.2, 0.25) is 0 Å². The predicted octanol–water partition coefficient (Wildman–Crippen LogP) is 3.73. The molecule has 0 spiro atoms. The number of hydrogen-bond acceptors (Lipinski definition) is 2. The average molecular weight is 308 g/mol. The van der Waals surface area contributed by atoms with Gasteiger partial charge in [-0.1, -0.05) is 48.0 Å². The quantitative estimate of drug-likeness (QED) is 0.673. The molecule has 120 valence electrons. The van der Waals surface area contributed by atoms with Crippen molar-refractivity contribution in [1.82, 2.24) is 9.88 Å². The van der Waals surface area contributed by atoms with Gasteiger partial charge >= 0.3 is 0 Å². The second-order valence-electron chi connectivity index (χ2n) is 5.96. The molecule has 0 aliphatic carbocycles. The molecule has 0 aliphatic heterocycles. The first-order chi connectivity index (χ1) is 11.3. The summed E-state index contributed by atoms with van der Waals surface area (Å²) in [5.41, 5.74) is 5.27. The van der Waals surface area contributed by atoms with Crippen molar-refractivity contribution in [2.24, 2.45) is 0 Å². The first-order valence-electron chi connectivity index (χ1n) is 8.10. The maximum Gasteiger partial charge on any atom is 0.0587 e. The zero-order chi connectivity index (χ0) is 16.1. The first kappa shape index (κ1) is 15.8. The highest BCUT2D eigenvalue weighted by Crippen LogP contribution is 2.22. The lowest BCUT2D eigenvalue weighted by atomic mass is 10.1. The minimum Gasteiger partial charge on any atom is -0.383 e. The number of methoxy groups -OCH3 is 1. The van der Waals surface area contributed by atoms with Gasteiger partial charge in [-0.05, 0) is 24.1 Å². The van der Waals surface area contributed by atoms with Gasteiger partial charge in [0.2, 0.25) is 0 Å². The number of para-hydroxylation sites is 1. The number of aryl methyl sites for hydroxylation is 1. The lowest BCUT2D eigenvalue weighted by molar-refractivity contribution is 0.199. The van der Waals surface area contributed by atoms with Crippen LogP contribution in [0.3, 0.4) is 0 Å². The van der Waals surface area contributed by atoms with Gasteiger partial charge in [0, 0.05) is 43.8 Å². The zero-order valence-corrected chi connectivity index (χ0v) is 13.9. The van der Waals surface area contributed by atoms with E-state index in [0.29, 0.717) is 0 Å². The summed E-state index contributed by atoms with van der Waals surface area (Å²) >= 11 is 0. The summed E-state index contributed by atoms with van der Waals surface area (Å²) in [6, 6.07) is 17.3. The number of aromatic nitrogens is 1. The molecule has 0 aliphatic rings. The molecule has 0 saturated carbocycles. The molecule has 3 nitrogen and oxygen atoms in total. The molecule has 0 atom stereocenters. The molecular weight excluding hydrogens is 284 g/mol. The molecule has 1 N–H and O–H groups in total. The normalized spacial score (nSPS) is 11.2. The second kappa shape index (κ2) is 7.44. The smallest absolute Gasteiger partial charge is 0.0587 e. The topological polar surface area (TPSA) is 26.2 Å². The number of nitrogens with one attached hydrogen (secondary N) is 1. The van der Waals surface area contributed by atoms with Crippen LogP contribution >= 0.6 is 0 Å². The first-order valence-corrected chi connectivity index (χ1v) is 8.10. The molecule has 0 radical (unpaired) electrons. The average Bonchev–Trinajstić information content (AvgIpc) is 2.90. The molecule has 23 heavy (non-hydrogen) atoms. The number of benzene rings is 2. The minimum atomic E-state index is 0.738. The van der Waals surface area contributed by atoms with Gasteiger partial charge in [-0.15, -0.1) is 0 Å². The molecule has 0 fully saturated rings. The summed E-state index contributed by atoms with van der Waals surface area (Å²) in [7, 11) is 1.73. The zero-order valence-electron chi connectivity index (χ0n) is 13.9. The van der Waals surface area contributed by atoms with E-state index < -0.39 is 0 Å². The van der Waals surface area contributed by atoms with E-state index in [9.17, 15) is 0 Å². The van der Waals surface area contributed by atoms with Crippen LogP contribution in [0.25, 0.3) is 10.9 Å². The highest BCUT2D eigenvalue weighted by molar-refractivity contribution is 5.84. The van der Waals surface area contributed by atoms with Gasteiger partial charge in [-0.2, -0.15) is 0 Å². The Morgan fingerprint density at radius 2 is 1.96 bits per heavy atom. The van der Waals surface area contributed by atoms with Crippen LogP contribution < -0.4 is 5.32 Å². The van der Waals surface area contributed by atoms with Crippen LogP contribution in [0.15, 0.2) is 54.7 Å². The third-order valence-electron chi connectivity index (χ3n) is 4.10.